The Kier molecular flexibility index (Phi) is 8.10. The molecule has 0 spiro atoms. The Morgan fingerprint density at radius 1 is 1.00 bits per heavy atom. The Morgan fingerprint density at radius 3 is 2.46 bits per heavy atom. The molecule has 8 heteroatoms. The van der Waals surface area contributed by atoms with Crippen LogP contribution in [-0.2, 0) is 4.79 Å². The van der Waals surface area contributed by atoms with Crippen LogP contribution >= 0.6 is 27.5 Å². The van der Waals surface area contributed by atoms with Crippen molar-refractivity contribution < 1.29 is 14.3 Å². The number of carbonyl (C=O) groups is 2. The summed E-state index contributed by atoms with van der Waals surface area (Å²) in [4.78, 5) is 29.7. The van der Waals surface area contributed by atoms with Gasteiger partial charge in [-0.05, 0) is 48.0 Å². The van der Waals surface area contributed by atoms with Gasteiger partial charge in [-0.1, -0.05) is 57.9 Å². The van der Waals surface area contributed by atoms with Gasteiger partial charge in [-0.25, -0.2) is 0 Å². The maximum absolute atomic E-state index is 13.1. The fourth-order valence-electron chi connectivity index (χ4n) is 3.94. The van der Waals surface area contributed by atoms with Crippen molar-refractivity contribution in [3.8, 4) is 5.75 Å². The summed E-state index contributed by atoms with van der Waals surface area (Å²) in [7, 11) is 1.53. The third-order valence-electron chi connectivity index (χ3n) is 5.76. The number of nitrogens with one attached hydrogen (secondary N) is 1. The van der Waals surface area contributed by atoms with Gasteiger partial charge in [-0.2, -0.15) is 0 Å². The van der Waals surface area contributed by atoms with Crippen molar-refractivity contribution in [1.29, 1.82) is 0 Å². The molecule has 1 saturated heterocycles. The summed E-state index contributed by atoms with van der Waals surface area (Å²) in [6.45, 7) is 2.42. The molecule has 2 amide bonds. The molecule has 3 aromatic rings. The molecular formula is C27H25BrClN3O3. The second-order valence-corrected chi connectivity index (χ2v) is 9.37. The molecule has 0 unspecified atom stereocenters. The van der Waals surface area contributed by atoms with Gasteiger partial charge in [0.15, 0.2) is 0 Å². The number of hydrogen-bond donors (Lipinski definition) is 1. The van der Waals surface area contributed by atoms with Crippen molar-refractivity contribution in [2.75, 3.05) is 43.5 Å². The highest BCUT2D eigenvalue weighted by Gasteiger charge is 2.23. The van der Waals surface area contributed by atoms with E-state index in [1.807, 2.05) is 53.4 Å². The minimum atomic E-state index is -0.300. The second kappa shape index (κ2) is 11.4. The van der Waals surface area contributed by atoms with Gasteiger partial charge in [-0.3, -0.25) is 9.59 Å². The predicted octanol–water partition coefficient (Wildman–Crippen LogP) is 5.73. The third-order valence-corrected chi connectivity index (χ3v) is 6.49. The van der Waals surface area contributed by atoms with E-state index in [1.54, 1.807) is 30.3 Å². The summed E-state index contributed by atoms with van der Waals surface area (Å²) in [5.41, 5.74) is 2.86. The highest BCUT2D eigenvalue weighted by Crippen LogP contribution is 2.32. The number of hydrogen-bond acceptors (Lipinski definition) is 4. The van der Waals surface area contributed by atoms with Gasteiger partial charge in [-0.15, -0.1) is 0 Å². The van der Waals surface area contributed by atoms with E-state index in [1.165, 1.54) is 7.11 Å². The van der Waals surface area contributed by atoms with Crippen LogP contribution < -0.4 is 15.0 Å². The minimum Gasteiger partial charge on any atom is -0.496 e. The predicted molar refractivity (Wildman–Crippen MR) is 144 cm³/mol. The van der Waals surface area contributed by atoms with Crippen LogP contribution in [0.2, 0.25) is 5.02 Å². The number of benzene rings is 3. The summed E-state index contributed by atoms with van der Waals surface area (Å²) < 4.78 is 6.13. The Hall–Kier alpha value is -3.29. The molecule has 3 aromatic carbocycles. The SMILES string of the molecule is COc1ccc(Br)cc1C(=O)Nc1cc(Cl)ccc1N1CCN(C(=O)/C=C/c2ccccc2)CC1. The van der Waals surface area contributed by atoms with E-state index >= 15 is 0 Å². The van der Waals surface area contributed by atoms with Gasteiger partial charge >= 0.3 is 0 Å². The Balaban J connectivity index is 1.45. The molecule has 0 radical (unpaired) electrons. The molecule has 1 aliphatic heterocycles. The van der Waals surface area contributed by atoms with Crippen LogP contribution in [0.15, 0.2) is 77.3 Å². The van der Waals surface area contributed by atoms with Crippen molar-refractivity contribution in [2.45, 2.75) is 0 Å². The number of piperazine rings is 1. The number of carbonyl (C=O) groups excluding carboxylic acids is 2. The lowest BCUT2D eigenvalue weighted by atomic mass is 10.1. The van der Waals surface area contributed by atoms with Crippen LogP contribution in [0, 0.1) is 0 Å². The van der Waals surface area contributed by atoms with E-state index in [4.69, 9.17) is 16.3 Å². The van der Waals surface area contributed by atoms with Gasteiger partial charge in [0, 0.05) is 41.8 Å². The molecule has 0 aliphatic carbocycles. The van der Waals surface area contributed by atoms with E-state index in [0.717, 1.165) is 15.7 Å². The Labute approximate surface area is 218 Å². The highest BCUT2D eigenvalue weighted by atomic mass is 79.9. The van der Waals surface area contributed by atoms with Crippen molar-refractivity contribution >= 4 is 56.8 Å². The van der Waals surface area contributed by atoms with Crippen LogP contribution in [0.5, 0.6) is 5.75 Å². The third kappa shape index (κ3) is 6.24. The second-order valence-electron chi connectivity index (χ2n) is 8.02. The molecule has 6 nitrogen and oxygen atoms in total. The summed E-state index contributed by atoms with van der Waals surface area (Å²) in [5.74, 6) is 0.163. The zero-order chi connectivity index (χ0) is 24.8. The van der Waals surface area contributed by atoms with Crippen LogP contribution in [0.1, 0.15) is 15.9 Å². The van der Waals surface area contributed by atoms with Crippen LogP contribution in [0.25, 0.3) is 6.08 Å². The van der Waals surface area contributed by atoms with Crippen LogP contribution in [0.3, 0.4) is 0 Å². The molecule has 0 aromatic heterocycles. The molecule has 1 aliphatic rings. The topological polar surface area (TPSA) is 61.9 Å². The first kappa shape index (κ1) is 24.8. The molecule has 1 heterocycles. The van der Waals surface area contributed by atoms with E-state index in [2.05, 4.69) is 26.1 Å². The molecule has 180 valence electrons. The number of halogens is 2. The zero-order valence-electron chi connectivity index (χ0n) is 19.2. The number of amides is 2. The van der Waals surface area contributed by atoms with E-state index in [-0.39, 0.29) is 11.8 Å². The zero-order valence-corrected chi connectivity index (χ0v) is 21.6. The number of rotatable bonds is 6. The van der Waals surface area contributed by atoms with Gasteiger partial charge in [0.25, 0.3) is 5.91 Å². The van der Waals surface area contributed by atoms with Gasteiger partial charge in [0.05, 0.1) is 24.0 Å². The van der Waals surface area contributed by atoms with Crippen LogP contribution in [-0.4, -0.2) is 50.0 Å². The largest absolute Gasteiger partial charge is 0.496 e. The van der Waals surface area contributed by atoms with Crippen molar-refractivity contribution in [3.05, 3.63) is 93.4 Å². The summed E-state index contributed by atoms with van der Waals surface area (Å²) >= 11 is 9.66. The fraction of sp³-hybridized carbons (Fsp3) is 0.185. The quantitative estimate of drug-likeness (QED) is 0.396. The van der Waals surface area contributed by atoms with E-state index in [9.17, 15) is 9.59 Å². The Bertz CT molecular complexity index is 1240. The average molecular weight is 555 g/mol. The van der Waals surface area contributed by atoms with Crippen molar-refractivity contribution in [1.82, 2.24) is 4.90 Å². The smallest absolute Gasteiger partial charge is 0.259 e. The van der Waals surface area contributed by atoms with Gasteiger partial charge < -0.3 is 19.9 Å². The molecule has 35 heavy (non-hydrogen) atoms. The fourth-order valence-corrected chi connectivity index (χ4v) is 4.47. The van der Waals surface area contributed by atoms with E-state index in [0.29, 0.717) is 48.2 Å². The Morgan fingerprint density at radius 2 is 1.74 bits per heavy atom. The maximum atomic E-state index is 13.1. The van der Waals surface area contributed by atoms with Gasteiger partial charge in [0.1, 0.15) is 5.75 Å². The monoisotopic (exact) mass is 553 g/mol. The molecule has 0 bridgehead atoms. The minimum absolute atomic E-state index is 0.0140. The highest BCUT2D eigenvalue weighted by molar-refractivity contribution is 9.10. The molecule has 4 rings (SSSR count). The normalized spacial score (nSPS) is 13.7. The first-order valence-electron chi connectivity index (χ1n) is 11.2. The van der Waals surface area contributed by atoms with Crippen LogP contribution in [0.4, 0.5) is 11.4 Å². The first-order valence-corrected chi connectivity index (χ1v) is 12.3. The number of methoxy groups -OCH3 is 1. The molecular weight excluding hydrogens is 530 g/mol. The number of nitrogens with zero attached hydrogens (tertiary/aromatic N) is 2. The average Bonchev–Trinajstić information content (AvgIpc) is 2.88. The molecule has 1 fully saturated rings. The standard InChI is InChI=1S/C27H25BrClN3O3/c1-35-25-11-8-20(28)17-22(25)27(34)30-23-18-21(29)9-10-24(23)31-13-15-32(16-14-31)26(33)12-7-19-5-3-2-4-6-19/h2-12,17-18H,13-16H2,1H3,(H,30,34)/b12-7+. The van der Waals surface area contributed by atoms with Gasteiger partial charge in [0.2, 0.25) is 5.91 Å². The first-order chi connectivity index (χ1) is 16.9. The summed E-state index contributed by atoms with van der Waals surface area (Å²) in [6, 6.07) is 20.4. The lowest BCUT2D eigenvalue weighted by Gasteiger charge is -2.36. The molecule has 0 saturated carbocycles. The van der Waals surface area contributed by atoms with Crippen molar-refractivity contribution in [2.24, 2.45) is 0 Å². The number of ether oxygens (including phenoxy) is 1. The van der Waals surface area contributed by atoms with Crippen molar-refractivity contribution in [3.63, 3.8) is 0 Å². The lowest BCUT2D eigenvalue weighted by Crippen LogP contribution is -2.48. The molecule has 0 atom stereocenters. The summed E-state index contributed by atoms with van der Waals surface area (Å²) in [6.07, 6.45) is 3.45. The lowest BCUT2D eigenvalue weighted by molar-refractivity contribution is -0.126. The number of anilines is 2. The van der Waals surface area contributed by atoms with E-state index < -0.39 is 0 Å². The maximum Gasteiger partial charge on any atom is 0.259 e. The molecule has 1 N–H and O–H groups in total. The summed E-state index contributed by atoms with van der Waals surface area (Å²) in [5, 5.41) is 3.50.